The Morgan fingerprint density at radius 1 is 0.326 bits per heavy atom. The molecule has 0 aromatic carbocycles. The number of carbonyl (C=O) groups is 4. The van der Waals surface area contributed by atoms with Gasteiger partial charge in [-0.25, -0.2) is 9.13 Å². The molecule has 0 aliphatic carbocycles. The van der Waals surface area contributed by atoms with Gasteiger partial charge in [-0.2, -0.15) is 0 Å². The third-order valence-electron chi connectivity index (χ3n) is 16.0. The number of phosphoric ester groups is 2. The molecule has 0 amide bonds. The molecule has 7 atom stereocenters. The molecule has 3 N–H and O–H groups in total. The molecule has 0 aliphatic heterocycles. The normalized spacial score (nSPS) is 15.0. The Kier molecular flexibility index (Phi) is 55.7. The molecule has 0 aromatic rings. The highest BCUT2D eigenvalue weighted by Gasteiger charge is 2.30. The van der Waals surface area contributed by atoms with Crippen LogP contribution in [0.1, 0.15) is 325 Å². The molecule has 510 valence electrons. The summed E-state index contributed by atoms with van der Waals surface area (Å²) in [7, 11) is -9.90. The molecular weight excluding hydrogens is 1140 g/mol. The minimum atomic E-state index is -4.95. The van der Waals surface area contributed by atoms with Crippen LogP contribution in [0, 0.1) is 23.7 Å². The van der Waals surface area contributed by atoms with E-state index in [9.17, 15) is 43.2 Å². The van der Waals surface area contributed by atoms with Crippen molar-refractivity contribution in [1.82, 2.24) is 0 Å². The van der Waals surface area contributed by atoms with Crippen molar-refractivity contribution in [3.05, 3.63) is 0 Å². The van der Waals surface area contributed by atoms with Gasteiger partial charge < -0.3 is 33.8 Å². The maximum Gasteiger partial charge on any atom is 0.472 e. The maximum atomic E-state index is 13.0. The van der Waals surface area contributed by atoms with Crippen LogP contribution in [0.4, 0.5) is 0 Å². The summed E-state index contributed by atoms with van der Waals surface area (Å²) in [6.45, 7) is 14.0. The number of esters is 4. The number of ether oxygens (including phenoxy) is 4. The van der Waals surface area contributed by atoms with Gasteiger partial charge in [0.25, 0.3) is 0 Å². The average Bonchev–Trinajstić information content (AvgIpc) is 3.69. The van der Waals surface area contributed by atoms with E-state index in [1.54, 1.807) is 0 Å². The van der Waals surface area contributed by atoms with Crippen molar-refractivity contribution in [2.45, 2.75) is 343 Å². The van der Waals surface area contributed by atoms with Crippen molar-refractivity contribution < 1.29 is 80.2 Å². The Bertz CT molecular complexity index is 1720. The van der Waals surface area contributed by atoms with Crippen molar-refractivity contribution >= 4 is 39.5 Å². The van der Waals surface area contributed by atoms with Crippen LogP contribution in [-0.4, -0.2) is 96.7 Å². The first-order valence-electron chi connectivity index (χ1n) is 34.8. The topological polar surface area (TPSA) is 237 Å². The molecule has 0 bridgehead atoms. The highest BCUT2D eigenvalue weighted by molar-refractivity contribution is 7.47. The Morgan fingerprint density at radius 3 is 0.826 bits per heavy atom. The zero-order valence-electron chi connectivity index (χ0n) is 55.9. The number of unbranched alkanes of at least 4 members (excludes halogenated alkanes) is 28. The summed E-state index contributed by atoms with van der Waals surface area (Å²) in [5, 5.41) is 10.6. The smallest absolute Gasteiger partial charge is 0.462 e. The van der Waals surface area contributed by atoms with E-state index < -0.39 is 97.5 Å². The van der Waals surface area contributed by atoms with Gasteiger partial charge in [0.05, 0.1) is 26.4 Å². The highest BCUT2D eigenvalue weighted by Crippen LogP contribution is 2.45. The summed E-state index contributed by atoms with van der Waals surface area (Å²) in [6.07, 6.45) is 37.6. The largest absolute Gasteiger partial charge is 0.472 e. The second-order valence-corrected chi connectivity index (χ2v) is 28.6. The zero-order chi connectivity index (χ0) is 63.9. The van der Waals surface area contributed by atoms with E-state index in [0.717, 1.165) is 120 Å². The predicted octanol–water partition coefficient (Wildman–Crippen LogP) is 18.5. The third kappa shape index (κ3) is 58.4. The van der Waals surface area contributed by atoms with Gasteiger partial charge >= 0.3 is 39.5 Å². The summed E-state index contributed by atoms with van der Waals surface area (Å²) in [5.41, 5.74) is 0. The second kappa shape index (κ2) is 57.0. The first-order valence-corrected chi connectivity index (χ1v) is 37.8. The van der Waals surface area contributed by atoms with E-state index in [4.69, 9.17) is 37.0 Å². The molecule has 17 nitrogen and oxygen atoms in total. The summed E-state index contributed by atoms with van der Waals surface area (Å²) in [6, 6.07) is 0. The van der Waals surface area contributed by atoms with Crippen LogP contribution in [-0.2, 0) is 65.4 Å². The van der Waals surface area contributed by atoms with Gasteiger partial charge in [0.1, 0.15) is 19.3 Å². The molecule has 5 unspecified atom stereocenters. The minimum absolute atomic E-state index is 0.103. The lowest BCUT2D eigenvalue weighted by Gasteiger charge is -2.21. The monoisotopic (exact) mass is 1270 g/mol. The number of hydrogen-bond acceptors (Lipinski definition) is 15. The van der Waals surface area contributed by atoms with E-state index in [2.05, 4.69) is 55.4 Å². The molecule has 0 fully saturated rings. The summed E-state index contributed by atoms with van der Waals surface area (Å²) in [4.78, 5) is 72.4. The van der Waals surface area contributed by atoms with Gasteiger partial charge in [-0.1, -0.05) is 274 Å². The van der Waals surface area contributed by atoms with Gasteiger partial charge in [-0.15, -0.1) is 0 Å². The Balaban J connectivity index is 5.27. The molecular formula is C67H130O17P2. The van der Waals surface area contributed by atoms with Crippen LogP contribution in [0.2, 0.25) is 0 Å². The van der Waals surface area contributed by atoms with Gasteiger partial charge in [-0.3, -0.25) is 37.3 Å². The molecule has 86 heavy (non-hydrogen) atoms. The molecule has 0 saturated carbocycles. The summed E-state index contributed by atoms with van der Waals surface area (Å²) in [5.74, 6) is 0.842. The fourth-order valence-corrected chi connectivity index (χ4v) is 11.5. The Morgan fingerprint density at radius 2 is 0.558 bits per heavy atom. The Hall–Kier alpha value is -1.94. The number of aliphatic hydroxyl groups excluding tert-OH is 1. The number of phosphoric acid groups is 2. The fourth-order valence-electron chi connectivity index (χ4n) is 9.89. The van der Waals surface area contributed by atoms with E-state index in [1.165, 1.54) is 122 Å². The lowest BCUT2D eigenvalue weighted by atomic mass is 9.99. The molecule has 0 aromatic heterocycles. The van der Waals surface area contributed by atoms with Gasteiger partial charge in [0, 0.05) is 25.7 Å². The quantitative estimate of drug-likeness (QED) is 0.0222. The van der Waals surface area contributed by atoms with Gasteiger partial charge in [0.15, 0.2) is 12.2 Å². The van der Waals surface area contributed by atoms with E-state index in [1.807, 2.05) is 0 Å². The van der Waals surface area contributed by atoms with Crippen molar-refractivity contribution in [1.29, 1.82) is 0 Å². The number of rotatable bonds is 64. The fraction of sp³-hybridized carbons (Fsp3) is 0.940. The Labute approximate surface area is 524 Å². The molecule has 0 spiro atoms. The third-order valence-corrected chi connectivity index (χ3v) is 17.9. The lowest BCUT2D eigenvalue weighted by Crippen LogP contribution is -2.30. The molecule has 0 aliphatic rings. The predicted molar refractivity (Wildman–Crippen MR) is 344 cm³/mol. The number of hydrogen-bond donors (Lipinski definition) is 3. The number of aliphatic hydroxyl groups is 1. The van der Waals surface area contributed by atoms with Gasteiger partial charge in [0.2, 0.25) is 0 Å². The van der Waals surface area contributed by atoms with Crippen molar-refractivity contribution in [2.75, 3.05) is 39.6 Å². The highest BCUT2D eigenvalue weighted by atomic mass is 31.2. The van der Waals surface area contributed by atoms with E-state index in [0.29, 0.717) is 25.7 Å². The van der Waals surface area contributed by atoms with E-state index >= 15 is 0 Å². The SMILES string of the molecule is CCC(C)CCCCCCCCCCCCC(=O)O[C@H](COC(=O)CCCCCCCCC(C)CC)COP(=O)(O)OCC(O)COP(=O)(O)OC[C@@H](COC(=O)CCCCCCCCCCC(C)C)OC(=O)CCCCCCCCCCC(C)C. The second-order valence-electron chi connectivity index (χ2n) is 25.6. The van der Waals surface area contributed by atoms with Crippen LogP contribution in [0.3, 0.4) is 0 Å². The first-order chi connectivity index (χ1) is 41.2. The van der Waals surface area contributed by atoms with Crippen LogP contribution in [0.5, 0.6) is 0 Å². The van der Waals surface area contributed by atoms with Crippen molar-refractivity contribution in [2.24, 2.45) is 23.7 Å². The average molecular weight is 1270 g/mol. The summed E-state index contributed by atoms with van der Waals surface area (Å²) >= 11 is 0. The number of carbonyl (C=O) groups excluding carboxylic acids is 4. The van der Waals surface area contributed by atoms with Crippen molar-refractivity contribution in [3.8, 4) is 0 Å². The maximum absolute atomic E-state index is 13.0. The molecule has 19 heteroatoms. The minimum Gasteiger partial charge on any atom is -0.462 e. The van der Waals surface area contributed by atoms with Crippen LogP contribution in [0.25, 0.3) is 0 Å². The van der Waals surface area contributed by atoms with E-state index in [-0.39, 0.29) is 25.7 Å². The standard InChI is InChI=1S/C67H130O17P2/c1-9-59(7)45-37-29-21-13-11-12-14-23-33-41-49-66(71)83-63(54-78-65(70)48-40-32-26-25-30-38-46-60(8)10-2)56-82-86(75,76)80-52-61(68)51-79-85(73,74)81-55-62(84-67(72)50-42-34-24-18-16-20-28-36-44-58(5)6)53-77-64(69)47-39-31-22-17-15-19-27-35-43-57(3)4/h57-63,68H,9-56H2,1-8H3,(H,73,74)(H,75,76)/t59?,60?,61?,62-,63-/m1/s1. The molecule has 0 rings (SSSR count). The van der Waals surface area contributed by atoms with Crippen molar-refractivity contribution in [3.63, 3.8) is 0 Å². The molecule has 0 heterocycles. The molecule has 0 saturated heterocycles. The first kappa shape index (κ1) is 84.1. The van der Waals surface area contributed by atoms with Gasteiger partial charge in [-0.05, 0) is 49.4 Å². The summed E-state index contributed by atoms with van der Waals surface area (Å²) < 4.78 is 68.1. The van der Waals surface area contributed by atoms with Crippen LogP contribution < -0.4 is 0 Å². The zero-order valence-corrected chi connectivity index (χ0v) is 57.7. The van der Waals surface area contributed by atoms with Crippen LogP contribution in [0.15, 0.2) is 0 Å². The molecule has 0 radical (unpaired) electrons. The van der Waals surface area contributed by atoms with Crippen LogP contribution >= 0.6 is 15.6 Å². The lowest BCUT2D eigenvalue weighted by molar-refractivity contribution is -0.161.